The van der Waals surface area contributed by atoms with Crippen LogP contribution >= 0.6 is 0 Å². The number of non-ortho nitro benzene ring substituents is 1. The molecule has 8 heteroatoms. The molecule has 0 amide bonds. The fourth-order valence-electron chi connectivity index (χ4n) is 1.81. The first kappa shape index (κ1) is 14.6. The second-order valence-electron chi connectivity index (χ2n) is 5.50. The van der Waals surface area contributed by atoms with Crippen LogP contribution in [0.5, 0.6) is 0 Å². The van der Waals surface area contributed by atoms with Gasteiger partial charge in [-0.3, -0.25) is 10.1 Å². The summed E-state index contributed by atoms with van der Waals surface area (Å²) in [5.41, 5.74) is -0.167. The van der Waals surface area contributed by atoms with Crippen molar-refractivity contribution >= 4 is 11.7 Å². The number of carbonyl (C=O) groups is 1. The highest BCUT2D eigenvalue weighted by Gasteiger charge is 2.26. The van der Waals surface area contributed by atoms with Gasteiger partial charge in [0.2, 0.25) is 0 Å². The van der Waals surface area contributed by atoms with Gasteiger partial charge in [-0.05, 0) is 6.07 Å². The van der Waals surface area contributed by atoms with Gasteiger partial charge in [-0.25, -0.2) is 14.5 Å². The molecule has 0 unspecified atom stereocenters. The average molecular weight is 290 g/mol. The molecule has 0 atom stereocenters. The molecule has 1 aromatic carbocycles. The Morgan fingerprint density at radius 1 is 1.38 bits per heavy atom. The van der Waals surface area contributed by atoms with Crippen LogP contribution in [0.15, 0.2) is 24.3 Å². The Balaban J connectivity index is 2.65. The minimum atomic E-state index is -1.25. The molecule has 0 aliphatic rings. The van der Waals surface area contributed by atoms with E-state index in [0.29, 0.717) is 11.5 Å². The summed E-state index contributed by atoms with van der Waals surface area (Å²) in [6.45, 7) is 5.57. The van der Waals surface area contributed by atoms with Gasteiger partial charge in [0.25, 0.3) is 11.5 Å². The monoisotopic (exact) mass is 290 g/mol. The Hall–Kier alpha value is -2.77. The van der Waals surface area contributed by atoms with E-state index in [9.17, 15) is 14.9 Å². The maximum Gasteiger partial charge on any atom is 0.375 e. The van der Waals surface area contributed by atoms with Crippen molar-refractivity contribution in [2.24, 2.45) is 0 Å². The van der Waals surface area contributed by atoms with Crippen LogP contribution < -0.4 is 0 Å². The van der Waals surface area contributed by atoms with E-state index in [0.717, 1.165) is 0 Å². The lowest BCUT2D eigenvalue weighted by Gasteiger charge is -2.18. The number of hydrogen-bond acceptors (Lipinski definition) is 5. The molecular weight excluding hydrogens is 276 g/mol. The number of aromatic nitrogens is 3. The summed E-state index contributed by atoms with van der Waals surface area (Å²) in [4.78, 5) is 25.4. The topological polar surface area (TPSA) is 111 Å². The van der Waals surface area contributed by atoms with Gasteiger partial charge in [0, 0.05) is 17.5 Å². The van der Waals surface area contributed by atoms with Crippen LogP contribution in [-0.2, 0) is 5.41 Å². The van der Waals surface area contributed by atoms with E-state index < -0.39 is 16.3 Å². The van der Waals surface area contributed by atoms with E-state index in [-0.39, 0.29) is 11.5 Å². The minimum Gasteiger partial charge on any atom is -0.475 e. The van der Waals surface area contributed by atoms with Crippen LogP contribution in [-0.4, -0.2) is 30.8 Å². The van der Waals surface area contributed by atoms with Gasteiger partial charge in [-0.15, -0.1) is 5.10 Å². The average Bonchev–Trinajstić information content (AvgIpc) is 2.84. The molecule has 110 valence electrons. The Labute approximate surface area is 120 Å². The normalized spacial score (nSPS) is 11.4. The van der Waals surface area contributed by atoms with Gasteiger partial charge in [-0.2, -0.15) is 0 Å². The van der Waals surface area contributed by atoms with Crippen LogP contribution in [0.3, 0.4) is 0 Å². The smallest absolute Gasteiger partial charge is 0.375 e. The Bertz CT molecular complexity index is 715. The molecule has 0 fully saturated rings. The molecule has 0 bridgehead atoms. The molecule has 1 aromatic heterocycles. The molecule has 0 aliphatic heterocycles. The van der Waals surface area contributed by atoms with Crippen molar-refractivity contribution in [3.63, 3.8) is 0 Å². The number of benzene rings is 1. The maximum atomic E-state index is 11.1. The third kappa shape index (κ3) is 2.88. The van der Waals surface area contributed by atoms with Crippen molar-refractivity contribution in [1.82, 2.24) is 14.8 Å². The molecule has 8 nitrogen and oxygen atoms in total. The van der Waals surface area contributed by atoms with E-state index in [1.807, 2.05) is 20.8 Å². The van der Waals surface area contributed by atoms with Crippen molar-refractivity contribution < 1.29 is 14.8 Å². The Morgan fingerprint density at radius 2 is 2.05 bits per heavy atom. The predicted molar refractivity (Wildman–Crippen MR) is 73.7 cm³/mol. The number of nitrogens with zero attached hydrogens (tertiary/aromatic N) is 4. The molecule has 1 heterocycles. The third-order valence-corrected chi connectivity index (χ3v) is 2.75. The van der Waals surface area contributed by atoms with Crippen molar-refractivity contribution in [2.75, 3.05) is 0 Å². The fraction of sp³-hybridized carbons (Fsp3) is 0.308. The van der Waals surface area contributed by atoms with Crippen LogP contribution in [0.4, 0.5) is 5.69 Å². The molecule has 0 spiro atoms. The maximum absolute atomic E-state index is 11.1. The van der Waals surface area contributed by atoms with Crippen LogP contribution in [0.1, 0.15) is 37.2 Å². The molecule has 0 saturated heterocycles. The SMILES string of the molecule is CC(C)(C)c1nc(C(=O)O)nn1-c1cccc([N+](=O)[O-])c1. The Kier molecular flexibility index (Phi) is 3.46. The first-order chi connectivity index (χ1) is 9.70. The second-order valence-corrected chi connectivity index (χ2v) is 5.50. The number of nitro benzene ring substituents is 1. The molecule has 0 aliphatic carbocycles. The fourth-order valence-corrected chi connectivity index (χ4v) is 1.81. The highest BCUT2D eigenvalue weighted by Crippen LogP contribution is 2.25. The van der Waals surface area contributed by atoms with Crippen molar-refractivity contribution in [3.8, 4) is 5.69 Å². The number of aromatic carboxylic acids is 1. The van der Waals surface area contributed by atoms with Gasteiger partial charge < -0.3 is 5.11 Å². The van der Waals surface area contributed by atoms with Crippen LogP contribution in [0.25, 0.3) is 5.69 Å². The number of rotatable bonds is 3. The zero-order valence-electron chi connectivity index (χ0n) is 11.8. The summed E-state index contributed by atoms with van der Waals surface area (Å²) < 4.78 is 1.33. The van der Waals surface area contributed by atoms with Crippen molar-refractivity contribution in [3.05, 3.63) is 46.0 Å². The lowest BCUT2D eigenvalue weighted by Crippen LogP contribution is -2.18. The number of carboxylic acid groups (broad SMARTS) is 1. The first-order valence-corrected chi connectivity index (χ1v) is 6.16. The second kappa shape index (κ2) is 4.97. The van der Waals surface area contributed by atoms with E-state index in [1.54, 1.807) is 6.07 Å². The number of carboxylic acids is 1. The van der Waals surface area contributed by atoms with Crippen LogP contribution in [0.2, 0.25) is 0 Å². The van der Waals surface area contributed by atoms with Gasteiger partial charge in [0.15, 0.2) is 0 Å². The summed E-state index contributed by atoms with van der Waals surface area (Å²) >= 11 is 0. The molecule has 21 heavy (non-hydrogen) atoms. The van der Waals surface area contributed by atoms with Gasteiger partial charge in [0.1, 0.15) is 5.82 Å². The lowest BCUT2D eigenvalue weighted by molar-refractivity contribution is -0.384. The summed E-state index contributed by atoms with van der Waals surface area (Å²) in [7, 11) is 0. The summed E-state index contributed by atoms with van der Waals surface area (Å²) in [6.07, 6.45) is 0. The molecule has 0 radical (unpaired) electrons. The Morgan fingerprint density at radius 3 is 2.57 bits per heavy atom. The number of nitro groups is 1. The van der Waals surface area contributed by atoms with Crippen molar-refractivity contribution in [1.29, 1.82) is 0 Å². The molecule has 1 N–H and O–H groups in total. The largest absolute Gasteiger partial charge is 0.475 e. The van der Waals surface area contributed by atoms with E-state index in [1.165, 1.54) is 22.9 Å². The quantitative estimate of drug-likeness (QED) is 0.685. The summed E-state index contributed by atoms with van der Waals surface area (Å²) in [5, 5.41) is 23.8. The molecule has 0 saturated carbocycles. The summed E-state index contributed by atoms with van der Waals surface area (Å²) in [6, 6.07) is 5.81. The van der Waals surface area contributed by atoms with Gasteiger partial charge >= 0.3 is 5.97 Å². The van der Waals surface area contributed by atoms with Crippen molar-refractivity contribution in [2.45, 2.75) is 26.2 Å². The molecule has 2 aromatic rings. The van der Waals surface area contributed by atoms with Crippen LogP contribution in [0, 0.1) is 10.1 Å². The van der Waals surface area contributed by atoms with E-state index in [4.69, 9.17) is 5.11 Å². The van der Waals surface area contributed by atoms with E-state index >= 15 is 0 Å². The van der Waals surface area contributed by atoms with Gasteiger partial charge in [0.05, 0.1) is 10.6 Å². The van der Waals surface area contributed by atoms with Gasteiger partial charge in [-0.1, -0.05) is 26.8 Å². The zero-order valence-corrected chi connectivity index (χ0v) is 11.8. The minimum absolute atomic E-state index is 0.0975. The standard InChI is InChI=1S/C13H14N4O4/c1-13(2,3)12-14-10(11(18)19)15-16(12)8-5-4-6-9(7-8)17(20)21/h4-7H,1-3H3,(H,18,19). The molecular formula is C13H14N4O4. The molecule has 2 rings (SSSR count). The lowest BCUT2D eigenvalue weighted by atomic mass is 9.95. The zero-order chi connectivity index (χ0) is 15.8. The predicted octanol–water partition coefficient (Wildman–Crippen LogP) is 2.17. The third-order valence-electron chi connectivity index (χ3n) is 2.75. The highest BCUT2D eigenvalue weighted by atomic mass is 16.6. The summed E-state index contributed by atoms with van der Waals surface area (Å²) in [5.74, 6) is -1.17. The van der Waals surface area contributed by atoms with E-state index in [2.05, 4.69) is 10.1 Å². The first-order valence-electron chi connectivity index (χ1n) is 6.16. The number of hydrogen-bond donors (Lipinski definition) is 1. The highest BCUT2D eigenvalue weighted by molar-refractivity contribution is 5.83.